The van der Waals surface area contributed by atoms with Crippen LogP contribution >= 0.6 is 0 Å². The van der Waals surface area contributed by atoms with Gasteiger partial charge in [0, 0.05) is 60.5 Å². The molecular formula is C38H32N4. The number of rotatable bonds is 4. The Morgan fingerprint density at radius 1 is 0.571 bits per heavy atom. The van der Waals surface area contributed by atoms with Gasteiger partial charge >= 0.3 is 0 Å². The highest BCUT2D eigenvalue weighted by atomic mass is 14.8. The molecule has 42 heavy (non-hydrogen) atoms. The summed E-state index contributed by atoms with van der Waals surface area (Å²) in [4.78, 5) is 14.7. The summed E-state index contributed by atoms with van der Waals surface area (Å²) in [5.41, 5.74) is 8.04. The Bertz CT molecular complexity index is 2340. The van der Waals surface area contributed by atoms with Gasteiger partial charge in [-0.3, -0.25) is 0 Å². The zero-order valence-electron chi connectivity index (χ0n) is 23.6. The lowest BCUT2D eigenvalue weighted by atomic mass is 10.0. The maximum absolute atomic E-state index is 3.80. The molecule has 5 heterocycles. The molecule has 0 atom stereocenters. The largest absolute Gasteiger partial charge is 0.355 e. The number of hydrogen-bond acceptors (Lipinski definition) is 0. The minimum absolute atomic E-state index is 1.06. The van der Waals surface area contributed by atoms with Crippen molar-refractivity contribution >= 4 is 45.8 Å². The molecule has 0 saturated carbocycles. The van der Waals surface area contributed by atoms with Crippen molar-refractivity contribution in [2.75, 3.05) is 0 Å². The van der Waals surface area contributed by atoms with Crippen LogP contribution in [0.5, 0.6) is 0 Å². The first-order valence-electron chi connectivity index (χ1n) is 14.8. The number of aromatic amines is 4. The van der Waals surface area contributed by atoms with Crippen LogP contribution in [0.4, 0.5) is 0 Å². The van der Waals surface area contributed by atoms with E-state index in [4.69, 9.17) is 0 Å². The van der Waals surface area contributed by atoms with Crippen molar-refractivity contribution in [1.29, 1.82) is 0 Å². The van der Waals surface area contributed by atoms with Crippen LogP contribution in [0.15, 0.2) is 91.0 Å². The lowest BCUT2D eigenvalue weighted by Crippen LogP contribution is -2.11. The highest BCUT2D eigenvalue weighted by Crippen LogP contribution is 2.27. The number of unbranched alkanes of at least 4 members (excludes halogenated alkanes) is 1. The van der Waals surface area contributed by atoms with Crippen LogP contribution in [0.1, 0.15) is 48.1 Å². The Morgan fingerprint density at radius 3 is 2.19 bits per heavy atom. The van der Waals surface area contributed by atoms with E-state index in [2.05, 4.69) is 142 Å². The van der Waals surface area contributed by atoms with Crippen molar-refractivity contribution in [2.45, 2.75) is 26.2 Å². The van der Waals surface area contributed by atoms with Gasteiger partial charge in [0.2, 0.25) is 0 Å². The van der Waals surface area contributed by atoms with E-state index in [0.29, 0.717) is 0 Å². The van der Waals surface area contributed by atoms with Gasteiger partial charge in [0.05, 0.1) is 0 Å². The van der Waals surface area contributed by atoms with E-state index < -0.39 is 0 Å². The molecular weight excluding hydrogens is 512 g/mol. The summed E-state index contributed by atoms with van der Waals surface area (Å²) in [5, 5.41) is 9.21. The number of aromatic nitrogens is 4. The van der Waals surface area contributed by atoms with Crippen molar-refractivity contribution in [3.05, 3.63) is 141 Å². The number of H-pyrrole nitrogens is 4. The fraction of sp³-hybridized carbons (Fsp3) is 0.105. The van der Waals surface area contributed by atoms with Crippen molar-refractivity contribution in [3.8, 4) is 11.1 Å². The molecule has 0 fully saturated rings. The van der Waals surface area contributed by atoms with Crippen molar-refractivity contribution in [1.82, 2.24) is 19.9 Å². The quantitative estimate of drug-likeness (QED) is 0.212. The lowest BCUT2D eigenvalue weighted by molar-refractivity contribution is 0.795. The molecule has 8 bridgehead atoms. The van der Waals surface area contributed by atoms with E-state index in [-0.39, 0.29) is 0 Å². The molecule has 4 aromatic heterocycles. The van der Waals surface area contributed by atoms with E-state index >= 15 is 0 Å². The predicted molar refractivity (Wildman–Crippen MR) is 175 cm³/mol. The van der Waals surface area contributed by atoms with Gasteiger partial charge in [-0.15, -0.1) is 0 Å². The van der Waals surface area contributed by atoms with E-state index in [1.165, 1.54) is 51.1 Å². The molecule has 0 saturated heterocycles. The summed E-state index contributed by atoms with van der Waals surface area (Å²) in [7, 11) is 0. The van der Waals surface area contributed by atoms with Gasteiger partial charge in [-0.2, -0.15) is 0 Å². The number of aryl methyl sites for hydroxylation is 1. The zero-order valence-corrected chi connectivity index (χ0v) is 23.6. The van der Waals surface area contributed by atoms with E-state index in [1.807, 2.05) is 0 Å². The van der Waals surface area contributed by atoms with Gasteiger partial charge in [0.15, 0.2) is 0 Å². The van der Waals surface area contributed by atoms with Gasteiger partial charge < -0.3 is 19.9 Å². The molecule has 0 aliphatic carbocycles. The zero-order chi connectivity index (χ0) is 28.0. The second kappa shape index (κ2) is 10.0. The summed E-state index contributed by atoms with van der Waals surface area (Å²) in [6, 6.07) is 33.0. The van der Waals surface area contributed by atoms with Gasteiger partial charge in [0.25, 0.3) is 0 Å². The summed E-state index contributed by atoms with van der Waals surface area (Å²) in [5.74, 6) is 0. The van der Waals surface area contributed by atoms with E-state index in [9.17, 15) is 0 Å². The topological polar surface area (TPSA) is 63.2 Å². The Kier molecular flexibility index (Phi) is 5.85. The maximum Gasteiger partial charge on any atom is 0.0492 e. The Morgan fingerprint density at radius 2 is 1.36 bits per heavy atom. The lowest BCUT2D eigenvalue weighted by Gasteiger charge is -2.04. The Labute approximate surface area is 243 Å². The van der Waals surface area contributed by atoms with E-state index in [0.717, 1.165) is 50.6 Å². The molecule has 0 unspecified atom stereocenters. The number of benzene rings is 3. The fourth-order valence-corrected chi connectivity index (χ4v) is 6.27. The molecule has 4 heteroatoms. The molecule has 8 rings (SSSR count). The highest BCUT2D eigenvalue weighted by molar-refractivity contribution is 6.08. The molecule has 204 valence electrons. The monoisotopic (exact) mass is 544 g/mol. The minimum atomic E-state index is 1.06. The average Bonchev–Trinajstić information content (AvgIpc) is 3.81. The van der Waals surface area contributed by atoms with Crippen LogP contribution in [-0.4, -0.2) is 19.9 Å². The molecule has 4 nitrogen and oxygen atoms in total. The molecule has 1 aliphatic rings. The maximum atomic E-state index is 3.80. The van der Waals surface area contributed by atoms with Gasteiger partial charge in [0.1, 0.15) is 0 Å². The van der Waals surface area contributed by atoms with Crippen LogP contribution in [0.25, 0.3) is 57.0 Å². The third-order valence-electron chi connectivity index (χ3n) is 8.38. The summed E-state index contributed by atoms with van der Waals surface area (Å²) >= 11 is 0. The van der Waals surface area contributed by atoms with Crippen LogP contribution in [-0.2, 0) is 6.42 Å². The first-order chi connectivity index (χ1) is 20.7. The molecule has 0 amide bonds. The summed E-state index contributed by atoms with van der Waals surface area (Å²) in [6.07, 6.45) is 12.4. The molecule has 0 radical (unpaired) electrons. The Hall–Kier alpha value is -5.22. The normalized spacial score (nSPS) is 12.5. The first-order valence-corrected chi connectivity index (χ1v) is 14.8. The smallest absolute Gasteiger partial charge is 0.0492 e. The van der Waals surface area contributed by atoms with Gasteiger partial charge in [-0.25, -0.2) is 0 Å². The SMILES string of the molecule is CCCCc1ccc(-c2cc3[nH]c2C=c2[nH]c(c4c2ccc2ccccc24)=Cc2ccc([nH]2)C=c2ccc([nH]2)=C3)cc1. The van der Waals surface area contributed by atoms with Crippen molar-refractivity contribution in [3.63, 3.8) is 0 Å². The van der Waals surface area contributed by atoms with Crippen LogP contribution in [0.3, 0.4) is 0 Å². The van der Waals surface area contributed by atoms with Crippen molar-refractivity contribution < 1.29 is 0 Å². The molecule has 0 spiro atoms. The third kappa shape index (κ3) is 4.42. The minimum Gasteiger partial charge on any atom is -0.355 e. The number of nitrogens with one attached hydrogen (secondary N) is 4. The molecule has 4 N–H and O–H groups in total. The summed E-state index contributed by atoms with van der Waals surface area (Å²) < 4.78 is 0. The van der Waals surface area contributed by atoms with Crippen LogP contribution in [0, 0.1) is 0 Å². The number of fused-ring (bicyclic) bond motifs is 13. The third-order valence-corrected chi connectivity index (χ3v) is 8.38. The summed E-state index contributed by atoms with van der Waals surface area (Å²) in [6.45, 7) is 2.25. The van der Waals surface area contributed by atoms with Crippen molar-refractivity contribution in [2.24, 2.45) is 0 Å². The predicted octanol–water partition coefficient (Wildman–Crippen LogP) is 5.94. The van der Waals surface area contributed by atoms with E-state index in [1.54, 1.807) is 0 Å². The van der Waals surface area contributed by atoms with Gasteiger partial charge in [-0.1, -0.05) is 74.0 Å². The average molecular weight is 545 g/mol. The molecule has 1 aliphatic heterocycles. The van der Waals surface area contributed by atoms with Gasteiger partial charge in [-0.05, 0) is 89.4 Å². The number of hydrogen-bond donors (Lipinski definition) is 4. The highest BCUT2D eigenvalue weighted by Gasteiger charge is 2.11. The first kappa shape index (κ1) is 24.6. The van der Waals surface area contributed by atoms with Crippen LogP contribution < -0.4 is 21.4 Å². The fourth-order valence-electron chi connectivity index (χ4n) is 6.27. The standard InChI is InChI=1S/C38H32N4/c1-2-3-6-24-9-11-26(12-10-24)34-21-31-20-29-15-14-27(39-29)19-28-16-17-30(40-28)22-37-38-32-8-5-4-7-25(32)13-18-33(38)35(42-37)23-36(34)41-31/h4-5,7-23,39-42H,2-3,6H2,1H3. The Balaban J connectivity index is 1.42. The van der Waals surface area contributed by atoms with Crippen LogP contribution in [0.2, 0.25) is 0 Å². The second-order valence-electron chi connectivity index (χ2n) is 11.3. The molecule has 7 aromatic rings. The molecule has 3 aromatic carbocycles. The second-order valence-corrected chi connectivity index (χ2v) is 11.3.